The van der Waals surface area contributed by atoms with E-state index < -0.39 is 31.1 Å². The van der Waals surface area contributed by atoms with Gasteiger partial charge in [-0.3, -0.25) is 23.8 Å². The number of furan rings is 1. The van der Waals surface area contributed by atoms with E-state index in [0.717, 1.165) is 29.9 Å². The number of aryl methyl sites for hydroxylation is 1. The molecule has 2 aromatic heterocycles. The van der Waals surface area contributed by atoms with Gasteiger partial charge in [0.05, 0.1) is 31.8 Å². The summed E-state index contributed by atoms with van der Waals surface area (Å²) >= 11 is 0. The number of hydrogen-bond acceptors (Lipinski definition) is 11. The minimum absolute atomic E-state index is 0.00901. The predicted molar refractivity (Wildman–Crippen MR) is 197 cm³/mol. The molecule has 53 heavy (non-hydrogen) atoms. The summed E-state index contributed by atoms with van der Waals surface area (Å²) < 4.78 is 41.1. The first-order valence-corrected chi connectivity index (χ1v) is 19.7. The molecule has 286 valence electrons. The third kappa shape index (κ3) is 11.5. The van der Waals surface area contributed by atoms with Crippen molar-refractivity contribution in [3.8, 4) is 17.1 Å². The zero-order valence-corrected chi connectivity index (χ0v) is 31.6. The molecular formula is C38H48N3O11P. The first kappa shape index (κ1) is 40.9. The Morgan fingerprint density at radius 2 is 1.74 bits per heavy atom. The molecule has 2 N–H and O–H groups in total. The van der Waals surface area contributed by atoms with Gasteiger partial charge in [0.1, 0.15) is 23.9 Å². The van der Waals surface area contributed by atoms with E-state index in [1.807, 2.05) is 51.1 Å². The second-order valence-corrected chi connectivity index (χ2v) is 14.9. The Balaban J connectivity index is 1.42. The lowest BCUT2D eigenvalue weighted by Crippen LogP contribution is -2.48. The molecule has 4 aromatic rings. The maximum absolute atomic E-state index is 13.7. The summed E-state index contributed by atoms with van der Waals surface area (Å²) in [5.74, 6) is -1.35. The van der Waals surface area contributed by atoms with Crippen LogP contribution in [0.5, 0.6) is 5.75 Å². The van der Waals surface area contributed by atoms with Crippen LogP contribution in [0.4, 0.5) is 0 Å². The van der Waals surface area contributed by atoms with Crippen molar-refractivity contribution in [3.05, 3.63) is 94.1 Å². The molecule has 2 heterocycles. The number of nitrogens with one attached hydrogen (secondary N) is 2. The van der Waals surface area contributed by atoms with E-state index in [1.54, 1.807) is 30.9 Å². The van der Waals surface area contributed by atoms with Crippen LogP contribution >= 0.6 is 7.37 Å². The zero-order chi connectivity index (χ0) is 38.4. The summed E-state index contributed by atoms with van der Waals surface area (Å²) in [6.45, 7) is 8.88. The Morgan fingerprint density at radius 3 is 2.40 bits per heavy atom. The van der Waals surface area contributed by atoms with Gasteiger partial charge in [-0.05, 0) is 62.6 Å². The van der Waals surface area contributed by atoms with Crippen molar-refractivity contribution in [1.82, 2.24) is 15.7 Å². The molecule has 0 aliphatic heterocycles. The van der Waals surface area contributed by atoms with Crippen molar-refractivity contribution < 1.29 is 46.3 Å². The molecule has 0 saturated heterocycles. The normalized spacial score (nSPS) is 13.5. The molecule has 0 aliphatic rings. The maximum atomic E-state index is 13.7. The molecule has 0 saturated carbocycles. The van der Waals surface area contributed by atoms with Gasteiger partial charge in [0.15, 0.2) is 11.5 Å². The van der Waals surface area contributed by atoms with Crippen molar-refractivity contribution in [2.75, 3.05) is 19.9 Å². The van der Waals surface area contributed by atoms with Crippen LogP contribution in [0.25, 0.3) is 11.3 Å². The highest BCUT2D eigenvalue weighted by molar-refractivity contribution is 7.66. The SMILES string of the molecule is CCCCC[C@@H](C(=O)NCNC(=O)c1ccc(-c2cc(OCC)cc(P(C)(=O)OCc3ccccc3)c2)o1)[C@@H](CC)N(C=O)OCc1oc(=O)oc1C. The van der Waals surface area contributed by atoms with Crippen molar-refractivity contribution in [2.45, 2.75) is 79.1 Å². The van der Waals surface area contributed by atoms with E-state index in [-0.39, 0.29) is 43.1 Å². The summed E-state index contributed by atoms with van der Waals surface area (Å²) in [4.78, 5) is 55.8. The van der Waals surface area contributed by atoms with E-state index in [4.69, 9.17) is 27.3 Å². The quantitative estimate of drug-likeness (QED) is 0.0302. The molecule has 1 unspecified atom stereocenters. The maximum Gasteiger partial charge on any atom is 0.519 e. The molecular weight excluding hydrogens is 705 g/mol. The fourth-order valence-corrected chi connectivity index (χ4v) is 6.98. The van der Waals surface area contributed by atoms with Gasteiger partial charge in [-0.25, -0.2) is 9.86 Å². The van der Waals surface area contributed by atoms with Crippen LogP contribution in [0.1, 0.15) is 80.5 Å². The molecule has 0 aliphatic carbocycles. The predicted octanol–water partition coefficient (Wildman–Crippen LogP) is 6.32. The number of benzene rings is 2. The smallest absolute Gasteiger partial charge is 0.494 e. The number of carbonyl (C=O) groups excluding carboxylic acids is 3. The van der Waals surface area contributed by atoms with Crippen LogP contribution in [0.2, 0.25) is 0 Å². The average Bonchev–Trinajstić information content (AvgIpc) is 3.78. The van der Waals surface area contributed by atoms with Crippen LogP contribution in [-0.4, -0.2) is 49.3 Å². The lowest BCUT2D eigenvalue weighted by Gasteiger charge is -2.32. The summed E-state index contributed by atoms with van der Waals surface area (Å²) in [5, 5.41) is 6.89. The summed E-state index contributed by atoms with van der Waals surface area (Å²) in [6, 6.07) is 17.0. The largest absolute Gasteiger partial charge is 0.519 e. The van der Waals surface area contributed by atoms with Gasteiger partial charge in [0.2, 0.25) is 19.7 Å². The van der Waals surface area contributed by atoms with Crippen molar-refractivity contribution >= 4 is 30.9 Å². The molecule has 0 spiro atoms. The minimum atomic E-state index is -3.29. The Hall–Kier alpha value is -4.91. The van der Waals surface area contributed by atoms with Crippen LogP contribution in [0, 0.1) is 12.8 Å². The Labute approximate surface area is 308 Å². The second kappa shape index (κ2) is 19.8. The number of rotatable bonds is 22. The number of nitrogens with zero attached hydrogens (tertiary/aromatic N) is 1. The molecule has 0 bridgehead atoms. The first-order valence-electron chi connectivity index (χ1n) is 17.7. The highest BCUT2D eigenvalue weighted by Crippen LogP contribution is 2.44. The lowest BCUT2D eigenvalue weighted by molar-refractivity contribution is -0.202. The van der Waals surface area contributed by atoms with Gasteiger partial charge >= 0.3 is 5.82 Å². The van der Waals surface area contributed by atoms with Crippen LogP contribution in [0.3, 0.4) is 0 Å². The lowest BCUT2D eigenvalue weighted by atomic mass is 9.90. The van der Waals surface area contributed by atoms with E-state index in [2.05, 4.69) is 10.6 Å². The van der Waals surface area contributed by atoms with Crippen molar-refractivity contribution in [3.63, 3.8) is 0 Å². The second-order valence-electron chi connectivity index (χ2n) is 12.4. The van der Waals surface area contributed by atoms with Gasteiger partial charge in [0.25, 0.3) is 5.91 Å². The average molecular weight is 754 g/mol. The standard InChI is InChI=1S/C38H48N3O11P/c1-6-9-11-16-31(32(7-2)41(25-42)48-23-35-26(4)50-38(45)52-35)36(43)39-24-40-37(44)34-18-17-33(51-34)28-19-29(47-8-3)21-30(20-28)53(5,46)49-22-27-14-12-10-13-15-27/h10,12-15,17-21,25,31-32H,6-9,11,16,22-24H2,1-5H3,(H,39,43)(H,40,44)/t31-,32-,53?/m1/s1. The van der Waals surface area contributed by atoms with Crippen LogP contribution < -0.4 is 26.5 Å². The van der Waals surface area contributed by atoms with Crippen LogP contribution in [0.15, 0.2) is 78.7 Å². The third-order valence-corrected chi connectivity index (χ3v) is 10.4. The minimum Gasteiger partial charge on any atom is -0.494 e. The number of ether oxygens (including phenoxy) is 1. The van der Waals surface area contributed by atoms with Crippen molar-refractivity contribution in [2.24, 2.45) is 5.92 Å². The van der Waals surface area contributed by atoms with E-state index in [0.29, 0.717) is 48.2 Å². The third-order valence-electron chi connectivity index (χ3n) is 8.57. The topological polar surface area (TPSA) is 180 Å². The number of hydrogen-bond donors (Lipinski definition) is 2. The molecule has 0 fully saturated rings. The molecule has 3 atom stereocenters. The van der Waals surface area contributed by atoms with Gasteiger partial charge in [0, 0.05) is 17.5 Å². The van der Waals surface area contributed by atoms with Gasteiger partial charge < -0.3 is 33.1 Å². The highest BCUT2D eigenvalue weighted by atomic mass is 31.2. The molecule has 0 radical (unpaired) electrons. The van der Waals surface area contributed by atoms with Gasteiger partial charge in [-0.15, -0.1) is 0 Å². The molecule has 15 heteroatoms. The number of hydroxylamine groups is 2. The zero-order valence-electron chi connectivity index (χ0n) is 30.8. The van der Waals surface area contributed by atoms with Gasteiger partial charge in [-0.2, -0.15) is 0 Å². The Morgan fingerprint density at radius 1 is 0.962 bits per heavy atom. The fourth-order valence-electron chi connectivity index (χ4n) is 5.70. The highest BCUT2D eigenvalue weighted by Gasteiger charge is 2.32. The van der Waals surface area contributed by atoms with Gasteiger partial charge in [-0.1, -0.05) is 63.4 Å². The molecule has 14 nitrogen and oxygen atoms in total. The molecule has 3 amide bonds. The fraction of sp³-hybridized carbons (Fsp3) is 0.421. The first-order chi connectivity index (χ1) is 25.5. The molecule has 4 rings (SSSR count). The van der Waals surface area contributed by atoms with E-state index in [9.17, 15) is 23.7 Å². The summed E-state index contributed by atoms with van der Waals surface area (Å²) in [7, 11) is -3.29. The number of unbranched alkanes of at least 4 members (excludes halogenated alkanes) is 2. The Kier molecular flexibility index (Phi) is 15.3. The molecule has 2 aromatic carbocycles. The Bertz CT molecular complexity index is 1900. The van der Waals surface area contributed by atoms with Crippen molar-refractivity contribution in [1.29, 1.82) is 0 Å². The number of amides is 3. The number of carbonyl (C=O) groups is 3. The van der Waals surface area contributed by atoms with Crippen LogP contribution in [-0.2, 0) is 36.7 Å². The summed E-state index contributed by atoms with van der Waals surface area (Å²) in [5.41, 5.74) is 1.42. The monoisotopic (exact) mass is 753 g/mol. The van der Waals surface area contributed by atoms with E-state index >= 15 is 0 Å². The summed E-state index contributed by atoms with van der Waals surface area (Å²) in [6.07, 6.45) is 3.88. The van der Waals surface area contributed by atoms with E-state index in [1.165, 1.54) is 13.0 Å².